The molecule has 2 N–H and O–H groups in total. The molecule has 10 heavy (non-hydrogen) atoms. The molecule has 0 bridgehead atoms. The van der Waals surface area contributed by atoms with Crippen LogP contribution in [-0.2, 0) is 0 Å². The Morgan fingerprint density at radius 2 is 2.00 bits per heavy atom. The molecule has 0 aromatic heterocycles. The highest BCUT2D eigenvalue weighted by Gasteiger charge is 2.19. The lowest BCUT2D eigenvalue weighted by Gasteiger charge is -2.27. The summed E-state index contributed by atoms with van der Waals surface area (Å²) in [5.74, 6) is 0. The van der Waals surface area contributed by atoms with Gasteiger partial charge in [0, 0.05) is 5.54 Å². The second kappa shape index (κ2) is 4.69. The third-order valence-corrected chi connectivity index (χ3v) is 1.75. The van der Waals surface area contributed by atoms with Crippen LogP contribution in [0.5, 0.6) is 0 Å². The minimum Gasteiger partial charge on any atom is -0.394 e. The molecule has 2 nitrogen and oxygen atoms in total. The molecule has 0 aromatic rings. The first-order valence-corrected chi connectivity index (χ1v) is 4.04. The molecule has 0 radical (unpaired) electrons. The number of rotatable bonds is 5. The van der Waals surface area contributed by atoms with Gasteiger partial charge in [-0.1, -0.05) is 20.3 Å². The summed E-state index contributed by atoms with van der Waals surface area (Å²) in [5.41, 5.74) is -0.0521. The Labute approximate surface area is 63.6 Å². The molecular formula is C8H19NO. The van der Waals surface area contributed by atoms with E-state index in [1.807, 2.05) is 0 Å². The molecule has 0 aliphatic heterocycles. The van der Waals surface area contributed by atoms with Gasteiger partial charge in [0.25, 0.3) is 0 Å². The largest absolute Gasteiger partial charge is 0.394 e. The Morgan fingerprint density at radius 1 is 1.40 bits per heavy atom. The number of hydrogen-bond acceptors (Lipinski definition) is 2. The fourth-order valence-corrected chi connectivity index (χ4v) is 1.20. The Kier molecular flexibility index (Phi) is 4.65. The van der Waals surface area contributed by atoms with Crippen LogP contribution in [0.15, 0.2) is 0 Å². The minimum absolute atomic E-state index is 0.0521. The molecule has 0 aromatic carbocycles. The maximum absolute atomic E-state index is 8.98. The summed E-state index contributed by atoms with van der Waals surface area (Å²) in [6.45, 7) is 7.40. The van der Waals surface area contributed by atoms with Gasteiger partial charge in [0.2, 0.25) is 0 Å². The van der Waals surface area contributed by atoms with Gasteiger partial charge in [0.15, 0.2) is 0 Å². The average Bonchev–Trinajstić information content (AvgIpc) is 1.89. The minimum atomic E-state index is -0.0521. The zero-order valence-electron chi connectivity index (χ0n) is 7.28. The van der Waals surface area contributed by atoms with Crippen LogP contribution in [0.25, 0.3) is 0 Å². The summed E-state index contributed by atoms with van der Waals surface area (Å²) >= 11 is 0. The van der Waals surface area contributed by atoms with E-state index < -0.39 is 0 Å². The van der Waals surface area contributed by atoms with E-state index in [2.05, 4.69) is 26.1 Å². The van der Waals surface area contributed by atoms with Crippen molar-refractivity contribution in [1.82, 2.24) is 5.32 Å². The number of aliphatic hydroxyl groups is 1. The second-order valence-corrected chi connectivity index (χ2v) is 3.00. The Balaban J connectivity index is 3.69. The Bertz CT molecular complexity index is 77.3. The summed E-state index contributed by atoms with van der Waals surface area (Å²) in [7, 11) is 0. The number of aliphatic hydroxyl groups excluding tert-OH is 1. The van der Waals surface area contributed by atoms with Gasteiger partial charge < -0.3 is 10.4 Å². The van der Waals surface area contributed by atoms with Crippen LogP contribution >= 0.6 is 0 Å². The molecule has 0 amide bonds. The number of likely N-dealkylation sites (N-methyl/N-ethyl adjacent to an activating group) is 1. The average molecular weight is 145 g/mol. The summed E-state index contributed by atoms with van der Waals surface area (Å²) in [6.07, 6.45) is 2.15. The van der Waals surface area contributed by atoms with E-state index >= 15 is 0 Å². The Hall–Kier alpha value is -0.0800. The molecular weight excluding hydrogens is 126 g/mol. The first kappa shape index (κ1) is 9.92. The van der Waals surface area contributed by atoms with Crippen molar-refractivity contribution in [2.45, 2.75) is 39.2 Å². The molecule has 62 valence electrons. The van der Waals surface area contributed by atoms with Crippen LogP contribution in [0.1, 0.15) is 33.6 Å². The van der Waals surface area contributed by atoms with Gasteiger partial charge in [0.1, 0.15) is 0 Å². The summed E-state index contributed by atoms with van der Waals surface area (Å²) in [6, 6.07) is 0. The van der Waals surface area contributed by atoms with Crippen LogP contribution in [0.4, 0.5) is 0 Å². The molecule has 1 unspecified atom stereocenters. The lowest BCUT2D eigenvalue weighted by Crippen LogP contribution is -2.45. The van der Waals surface area contributed by atoms with E-state index in [-0.39, 0.29) is 12.1 Å². The summed E-state index contributed by atoms with van der Waals surface area (Å²) in [4.78, 5) is 0. The highest BCUT2D eigenvalue weighted by molar-refractivity contribution is 4.80. The highest BCUT2D eigenvalue weighted by Crippen LogP contribution is 2.09. The van der Waals surface area contributed by atoms with E-state index in [1.54, 1.807) is 0 Å². The van der Waals surface area contributed by atoms with E-state index in [0.29, 0.717) is 0 Å². The summed E-state index contributed by atoms with van der Waals surface area (Å²) < 4.78 is 0. The van der Waals surface area contributed by atoms with Crippen LogP contribution in [-0.4, -0.2) is 23.8 Å². The predicted octanol–water partition coefficient (Wildman–Crippen LogP) is 1.15. The van der Waals surface area contributed by atoms with Crippen LogP contribution in [0.3, 0.4) is 0 Å². The molecule has 0 aliphatic carbocycles. The predicted molar refractivity (Wildman–Crippen MR) is 44.1 cm³/mol. The van der Waals surface area contributed by atoms with E-state index in [1.165, 1.54) is 0 Å². The fraction of sp³-hybridized carbons (Fsp3) is 1.00. The standard InChI is InChI=1S/C8H19NO/c1-4-6-8(3,7-10)9-5-2/h9-10H,4-7H2,1-3H3. The monoisotopic (exact) mass is 145 g/mol. The van der Waals surface area contributed by atoms with Crippen molar-refractivity contribution in [3.05, 3.63) is 0 Å². The van der Waals surface area contributed by atoms with Crippen molar-refractivity contribution in [1.29, 1.82) is 0 Å². The maximum atomic E-state index is 8.98. The highest BCUT2D eigenvalue weighted by atomic mass is 16.3. The van der Waals surface area contributed by atoms with Gasteiger partial charge >= 0.3 is 0 Å². The van der Waals surface area contributed by atoms with Crippen molar-refractivity contribution < 1.29 is 5.11 Å². The lowest BCUT2D eigenvalue weighted by molar-refractivity contribution is 0.167. The van der Waals surface area contributed by atoms with Gasteiger partial charge in [-0.25, -0.2) is 0 Å². The van der Waals surface area contributed by atoms with Crippen LogP contribution in [0, 0.1) is 0 Å². The molecule has 0 spiro atoms. The molecule has 0 saturated heterocycles. The summed E-state index contributed by atoms with van der Waals surface area (Å²) in [5, 5.41) is 12.2. The van der Waals surface area contributed by atoms with Crippen molar-refractivity contribution in [2.24, 2.45) is 0 Å². The van der Waals surface area contributed by atoms with Crippen molar-refractivity contribution >= 4 is 0 Å². The molecule has 0 aliphatic rings. The van der Waals surface area contributed by atoms with Crippen molar-refractivity contribution in [3.63, 3.8) is 0 Å². The van der Waals surface area contributed by atoms with E-state index in [9.17, 15) is 0 Å². The maximum Gasteiger partial charge on any atom is 0.0610 e. The number of hydrogen-bond donors (Lipinski definition) is 2. The zero-order valence-corrected chi connectivity index (χ0v) is 7.28. The number of nitrogens with one attached hydrogen (secondary N) is 1. The molecule has 0 fully saturated rings. The van der Waals surface area contributed by atoms with E-state index in [0.717, 1.165) is 19.4 Å². The second-order valence-electron chi connectivity index (χ2n) is 3.00. The van der Waals surface area contributed by atoms with Gasteiger partial charge in [-0.2, -0.15) is 0 Å². The zero-order chi connectivity index (χ0) is 8.04. The van der Waals surface area contributed by atoms with Crippen molar-refractivity contribution in [2.75, 3.05) is 13.2 Å². The normalized spacial score (nSPS) is 16.8. The topological polar surface area (TPSA) is 32.3 Å². The first-order chi connectivity index (χ1) is 4.68. The third-order valence-electron chi connectivity index (χ3n) is 1.75. The van der Waals surface area contributed by atoms with Gasteiger partial charge in [0.05, 0.1) is 6.61 Å². The first-order valence-electron chi connectivity index (χ1n) is 4.04. The van der Waals surface area contributed by atoms with Crippen molar-refractivity contribution in [3.8, 4) is 0 Å². The lowest BCUT2D eigenvalue weighted by atomic mass is 9.97. The van der Waals surface area contributed by atoms with Gasteiger partial charge in [-0.15, -0.1) is 0 Å². The quantitative estimate of drug-likeness (QED) is 0.608. The molecule has 0 saturated carbocycles. The van der Waals surface area contributed by atoms with E-state index in [4.69, 9.17) is 5.11 Å². The molecule has 2 heteroatoms. The smallest absolute Gasteiger partial charge is 0.0610 e. The fourth-order valence-electron chi connectivity index (χ4n) is 1.20. The van der Waals surface area contributed by atoms with Gasteiger partial charge in [-0.3, -0.25) is 0 Å². The Morgan fingerprint density at radius 3 is 2.30 bits per heavy atom. The third kappa shape index (κ3) is 3.18. The van der Waals surface area contributed by atoms with Gasteiger partial charge in [-0.05, 0) is 19.9 Å². The molecule has 0 rings (SSSR count). The SMILES string of the molecule is CCCC(C)(CO)NCC. The van der Waals surface area contributed by atoms with Crippen LogP contribution in [0.2, 0.25) is 0 Å². The molecule has 1 atom stereocenters. The molecule has 0 heterocycles. The van der Waals surface area contributed by atoms with Crippen LogP contribution < -0.4 is 5.32 Å².